The second kappa shape index (κ2) is 11.6. The van der Waals surface area contributed by atoms with E-state index in [9.17, 15) is 0 Å². The van der Waals surface area contributed by atoms with Gasteiger partial charge in [0.1, 0.15) is 11.2 Å². The van der Waals surface area contributed by atoms with Crippen LogP contribution in [0, 0.1) is 0 Å². The number of fused-ring (bicyclic) bond motifs is 6. The molecule has 0 N–H and O–H groups in total. The van der Waals surface area contributed by atoms with Crippen molar-refractivity contribution in [3.63, 3.8) is 0 Å². The van der Waals surface area contributed by atoms with Crippen molar-refractivity contribution in [1.82, 2.24) is 15.0 Å². The molecule has 0 fully saturated rings. The molecule has 0 atom stereocenters. The van der Waals surface area contributed by atoms with Crippen LogP contribution in [-0.2, 0) is 0 Å². The van der Waals surface area contributed by atoms with Crippen molar-refractivity contribution in [1.29, 1.82) is 0 Å². The first-order valence-corrected chi connectivity index (χ1v) is 17.4. The minimum Gasteiger partial charge on any atom is -0.455 e. The number of para-hydroxylation sites is 2. The van der Waals surface area contributed by atoms with Crippen LogP contribution in [0.5, 0.6) is 0 Å². The molecule has 0 aliphatic heterocycles. The zero-order chi connectivity index (χ0) is 33.0. The van der Waals surface area contributed by atoms with Gasteiger partial charge in [0.2, 0.25) is 0 Å². The van der Waals surface area contributed by atoms with Crippen LogP contribution in [0.1, 0.15) is 0 Å². The van der Waals surface area contributed by atoms with Crippen molar-refractivity contribution in [2.75, 3.05) is 0 Å². The number of nitrogens with zero attached hydrogens (tertiary/aromatic N) is 3. The second-order valence-corrected chi connectivity index (χ2v) is 13.5. The molecule has 0 amide bonds. The van der Waals surface area contributed by atoms with E-state index in [0.29, 0.717) is 17.5 Å². The Labute approximate surface area is 292 Å². The average Bonchev–Trinajstić information content (AvgIpc) is 3.76. The third-order valence-electron chi connectivity index (χ3n) is 9.36. The van der Waals surface area contributed by atoms with Crippen molar-refractivity contribution in [2.45, 2.75) is 0 Å². The van der Waals surface area contributed by atoms with Gasteiger partial charge in [0.15, 0.2) is 17.5 Å². The van der Waals surface area contributed by atoms with E-state index in [4.69, 9.17) is 19.4 Å². The van der Waals surface area contributed by atoms with E-state index in [2.05, 4.69) is 127 Å². The lowest BCUT2D eigenvalue weighted by atomic mass is 9.98. The molecule has 0 spiro atoms. The number of rotatable bonds is 5. The third-order valence-corrected chi connectivity index (χ3v) is 10.5. The summed E-state index contributed by atoms with van der Waals surface area (Å²) in [6.45, 7) is 0. The minimum atomic E-state index is 0.574. The molecule has 4 nitrogen and oxygen atoms in total. The molecule has 3 aromatic heterocycles. The van der Waals surface area contributed by atoms with E-state index < -0.39 is 0 Å². The van der Waals surface area contributed by atoms with Gasteiger partial charge in [-0.15, -0.1) is 11.3 Å². The Balaban J connectivity index is 1.12. The Hall–Kier alpha value is -6.43. The first-order chi connectivity index (χ1) is 24.7. The summed E-state index contributed by atoms with van der Waals surface area (Å²) in [5, 5.41) is 4.55. The van der Waals surface area contributed by atoms with Gasteiger partial charge >= 0.3 is 0 Å². The van der Waals surface area contributed by atoms with Gasteiger partial charge in [-0.3, -0.25) is 0 Å². The molecule has 0 aliphatic carbocycles. The first-order valence-electron chi connectivity index (χ1n) is 16.6. The fourth-order valence-corrected chi connectivity index (χ4v) is 7.95. The maximum Gasteiger partial charge on any atom is 0.167 e. The molecule has 0 unspecified atom stereocenters. The van der Waals surface area contributed by atoms with Crippen LogP contribution in [0.4, 0.5) is 0 Å². The predicted octanol–water partition coefficient (Wildman–Crippen LogP) is 12.5. The number of aromatic nitrogens is 3. The van der Waals surface area contributed by atoms with Gasteiger partial charge in [-0.25, -0.2) is 15.0 Å². The van der Waals surface area contributed by atoms with E-state index in [1.807, 2.05) is 36.4 Å². The average molecular weight is 658 g/mol. The van der Waals surface area contributed by atoms with Gasteiger partial charge in [-0.1, -0.05) is 121 Å². The molecule has 10 aromatic rings. The smallest absolute Gasteiger partial charge is 0.167 e. The maximum absolute atomic E-state index is 6.43. The van der Waals surface area contributed by atoms with Crippen LogP contribution >= 0.6 is 11.3 Å². The molecule has 3 heterocycles. The summed E-state index contributed by atoms with van der Waals surface area (Å²) in [6.07, 6.45) is 0. The lowest BCUT2D eigenvalue weighted by molar-refractivity contribution is 0.669. The molecule has 5 heteroatoms. The quantitative estimate of drug-likeness (QED) is 0.185. The van der Waals surface area contributed by atoms with Crippen molar-refractivity contribution in [3.8, 4) is 56.4 Å². The van der Waals surface area contributed by atoms with E-state index in [-0.39, 0.29) is 0 Å². The maximum atomic E-state index is 6.43. The second-order valence-electron chi connectivity index (χ2n) is 12.4. The zero-order valence-electron chi connectivity index (χ0n) is 26.7. The highest BCUT2D eigenvalue weighted by molar-refractivity contribution is 7.25. The molecule has 0 saturated heterocycles. The van der Waals surface area contributed by atoms with Crippen molar-refractivity contribution in [3.05, 3.63) is 164 Å². The van der Waals surface area contributed by atoms with Gasteiger partial charge in [-0.2, -0.15) is 0 Å². The van der Waals surface area contributed by atoms with Crippen LogP contribution in [0.3, 0.4) is 0 Å². The van der Waals surface area contributed by atoms with Crippen LogP contribution < -0.4 is 0 Å². The van der Waals surface area contributed by atoms with Gasteiger partial charge in [0.05, 0.1) is 5.56 Å². The molecule has 0 aliphatic rings. The molecule has 7 aromatic carbocycles. The summed E-state index contributed by atoms with van der Waals surface area (Å²) in [4.78, 5) is 15.3. The van der Waals surface area contributed by atoms with Gasteiger partial charge in [0.25, 0.3) is 0 Å². The third kappa shape index (κ3) is 4.87. The van der Waals surface area contributed by atoms with Gasteiger partial charge < -0.3 is 4.42 Å². The molecular weight excluding hydrogens is 631 g/mol. The zero-order valence-corrected chi connectivity index (χ0v) is 27.6. The summed E-state index contributed by atoms with van der Waals surface area (Å²) >= 11 is 1.80. The molecule has 50 heavy (non-hydrogen) atoms. The summed E-state index contributed by atoms with van der Waals surface area (Å²) < 4.78 is 8.94. The van der Waals surface area contributed by atoms with E-state index >= 15 is 0 Å². The lowest BCUT2D eigenvalue weighted by Crippen LogP contribution is -2.00. The molecule has 0 radical (unpaired) electrons. The molecular formula is C45H27N3OS. The first kappa shape index (κ1) is 28.6. The van der Waals surface area contributed by atoms with E-state index in [1.165, 1.54) is 31.3 Å². The minimum absolute atomic E-state index is 0.574. The largest absolute Gasteiger partial charge is 0.455 e. The fourth-order valence-electron chi connectivity index (χ4n) is 6.86. The van der Waals surface area contributed by atoms with Crippen LogP contribution in [0.2, 0.25) is 0 Å². The highest BCUT2D eigenvalue weighted by atomic mass is 32.1. The monoisotopic (exact) mass is 657 g/mol. The number of hydrogen-bond acceptors (Lipinski definition) is 5. The molecule has 10 rings (SSSR count). The van der Waals surface area contributed by atoms with Crippen molar-refractivity contribution < 1.29 is 4.42 Å². The number of furan rings is 1. The number of hydrogen-bond donors (Lipinski definition) is 0. The Bertz CT molecular complexity index is 2870. The summed E-state index contributed by atoms with van der Waals surface area (Å²) in [5.74, 6) is 1.80. The Morgan fingerprint density at radius 3 is 1.78 bits per heavy atom. The highest BCUT2D eigenvalue weighted by Gasteiger charge is 2.18. The summed E-state index contributed by atoms with van der Waals surface area (Å²) in [5.41, 5.74) is 8.97. The summed E-state index contributed by atoms with van der Waals surface area (Å²) in [7, 11) is 0. The molecule has 234 valence electrons. The van der Waals surface area contributed by atoms with Crippen molar-refractivity contribution >= 4 is 53.4 Å². The van der Waals surface area contributed by atoms with Crippen LogP contribution in [-0.4, -0.2) is 15.0 Å². The fraction of sp³-hybridized carbons (Fsp3) is 0. The normalized spacial score (nSPS) is 11.6. The van der Waals surface area contributed by atoms with Crippen LogP contribution in [0.25, 0.3) is 98.5 Å². The lowest BCUT2D eigenvalue weighted by Gasteiger charge is -2.10. The SMILES string of the molecule is c1ccc(-c2cccc(-c3ccc(-c4nc(-c5ccc6sc7ccccc7c6c5)nc(-c5cccc6c5oc5ccccc56)n4)cc3)c2)cc1. The van der Waals surface area contributed by atoms with E-state index in [1.54, 1.807) is 11.3 Å². The Morgan fingerprint density at radius 2 is 0.940 bits per heavy atom. The Kier molecular flexibility index (Phi) is 6.64. The molecule has 0 bridgehead atoms. The van der Waals surface area contributed by atoms with Gasteiger partial charge in [-0.05, 0) is 64.7 Å². The number of thiophene rings is 1. The van der Waals surface area contributed by atoms with Gasteiger partial charge in [0, 0.05) is 42.1 Å². The van der Waals surface area contributed by atoms with Crippen LogP contribution in [0.15, 0.2) is 168 Å². The van der Waals surface area contributed by atoms with Crippen molar-refractivity contribution in [2.24, 2.45) is 0 Å². The molecule has 0 saturated carbocycles. The standard InChI is InChI=1S/C45H27N3OS/c1-2-10-28(11-3-1)31-12-8-13-32(26-31)29-20-22-30(23-21-29)43-46-44(33-24-25-41-38(27-33)35-15-5-7-19-40(35)50-41)48-45(47-43)37-17-9-16-36-34-14-4-6-18-39(34)49-42(36)37/h1-27H. The number of benzene rings is 7. The topological polar surface area (TPSA) is 51.8 Å². The highest BCUT2D eigenvalue weighted by Crippen LogP contribution is 2.38. The van der Waals surface area contributed by atoms with E-state index in [0.717, 1.165) is 49.8 Å². The summed E-state index contributed by atoms with van der Waals surface area (Å²) in [6, 6.07) is 57.0. The Morgan fingerprint density at radius 1 is 0.360 bits per heavy atom. The predicted molar refractivity (Wildman–Crippen MR) is 207 cm³/mol.